The zero-order valence-electron chi connectivity index (χ0n) is 11.1. The normalized spacial score (nSPS) is 13.7. The molecule has 0 fully saturated rings. The highest BCUT2D eigenvalue weighted by molar-refractivity contribution is 5.19. The van der Waals surface area contributed by atoms with Crippen molar-refractivity contribution in [2.75, 3.05) is 13.2 Å². The number of ether oxygens (including phenoxy) is 1. The van der Waals surface area contributed by atoms with Gasteiger partial charge >= 0.3 is 0 Å². The molecule has 0 amide bonds. The van der Waals surface area contributed by atoms with E-state index in [1.54, 1.807) is 12.1 Å². The minimum Gasteiger partial charge on any atom is -0.375 e. The molecule has 0 saturated heterocycles. The number of hydrogen-bond donors (Lipinski definition) is 1. The summed E-state index contributed by atoms with van der Waals surface area (Å²) in [5, 5.41) is 3.31. The molecule has 1 aromatic rings. The Morgan fingerprint density at radius 3 is 2.65 bits per heavy atom. The first-order valence-electron chi connectivity index (χ1n) is 6.01. The van der Waals surface area contributed by atoms with Crippen LogP contribution in [-0.4, -0.2) is 18.8 Å². The fraction of sp³-hybridized carbons (Fsp3) is 0.571. The van der Waals surface area contributed by atoms with E-state index in [9.17, 15) is 4.39 Å². The van der Waals surface area contributed by atoms with Crippen LogP contribution in [0.4, 0.5) is 4.39 Å². The average molecular weight is 239 g/mol. The Morgan fingerprint density at radius 1 is 1.35 bits per heavy atom. The quantitative estimate of drug-likeness (QED) is 0.796. The number of halogens is 1. The van der Waals surface area contributed by atoms with E-state index in [-0.39, 0.29) is 17.5 Å². The molecule has 1 aromatic carbocycles. The Balaban J connectivity index is 2.33. The maximum Gasteiger partial charge on any atom is 0.123 e. The summed E-state index contributed by atoms with van der Waals surface area (Å²) >= 11 is 0. The lowest BCUT2D eigenvalue weighted by atomic mass is 10.1. The molecule has 1 N–H and O–H groups in total. The summed E-state index contributed by atoms with van der Waals surface area (Å²) in [6.45, 7) is 9.53. The molecule has 2 nitrogen and oxygen atoms in total. The third kappa shape index (κ3) is 5.80. The second kappa shape index (κ2) is 6.12. The van der Waals surface area contributed by atoms with Gasteiger partial charge in [0.15, 0.2) is 0 Å². The van der Waals surface area contributed by atoms with Crippen LogP contribution in [0.25, 0.3) is 0 Å². The van der Waals surface area contributed by atoms with Crippen molar-refractivity contribution in [3.8, 4) is 0 Å². The third-order valence-electron chi connectivity index (χ3n) is 2.44. The molecule has 1 unspecified atom stereocenters. The molecule has 0 spiro atoms. The van der Waals surface area contributed by atoms with Crippen LogP contribution in [0, 0.1) is 5.82 Å². The van der Waals surface area contributed by atoms with Gasteiger partial charge in [-0.3, -0.25) is 0 Å². The summed E-state index contributed by atoms with van der Waals surface area (Å²) in [6, 6.07) is 6.80. The van der Waals surface area contributed by atoms with E-state index in [0.29, 0.717) is 6.61 Å². The maximum atomic E-state index is 13.0. The molecule has 1 atom stereocenters. The van der Waals surface area contributed by atoms with Crippen molar-refractivity contribution in [1.29, 1.82) is 0 Å². The summed E-state index contributed by atoms with van der Waals surface area (Å²) in [5.41, 5.74) is 0.852. The SMILES string of the molecule is CC(NCCOC(C)(C)C)c1cccc(F)c1. The van der Waals surface area contributed by atoms with Crippen LogP contribution in [0.5, 0.6) is 0 Å². The smallest absolute Gasteiger partial charge is 0.123 e. The van der Waals surface area contributed by atoms with E-state index in [1.165, 1.54) is 6.07 Å². The Bertz CT molecular complexity index is 346. The van der Waals surface area contributed by atoms with Crippen LogP contribution in [0.3, 0.4) is 0 Å². The van der Waals surface area contributed by atoms with Crippen LogP contribution >= 0.6 is 0 Å². The summed E-state index contributed by atoms with van der Waals surface area (Å²) in [7, 11) is 0. The highest BCUT2D eigenvalue weighted by Crippen LogP contribution is 2.13. The number of rotatable bonds is 5. The van der Waals surface area contributed by atoms with Crippen LogP contribution < -0.4 is 5.32 Å². The Kier molecular flexibility index (Phi) is 5.09. The molecule has 3 heteroatoms. The second-order valence-corrected chi connectivity index (χ2v) is 5.19. The van der Waals surface area contributed by atoms with E-state index >= 15 is 0 Å². The van der Waals surface area contributed by atoms with Crippen LogP contribution in [0.1, 0.15) is 39.3 Å². The van der Waals surface area contributed by atoms with E-state index in [4.69, 9.17) is 4.74 Å². The van der Waals surface area contributed by atoms with E-state index < -0.39 is 0 Å². The lowest BCUT2D eigenvalue weighted by Crippen LogP contribution is -2.28. The van der Waals surface area contributed by atoms with Gasteiger partial charge in [-0.05, 0) is 45.4 Å². The lowest BCUT2D eigenvalue weighted by Gasteiger charge is -2.21. The molecule has 0 heterocycles. The molecule has 0 saturated carbocycles. The Labute approximate surface area is 103 Å². The monoisotopic (exact) mass is 239 g/mol. The van der Waals surface area contributed by atoms with E-state index in [1.807, 2.05) is 33.8 Å². The van der Waals surface area contributed by atoms with Crippen LogP contribution in [0.2, 0.25) is 0 Å². The van der Waals surface area contributed by atoms with E-state index in [0.717, 1.165) is 12.1 Å². The first-order chi connectivity index (χ1) is 7.88. The highest BCUT2D eigenvalue weighted by Gasteiger charge is 2.10. The molecule has 0 bridgehead atoms. The molecule has 17 heavy (non-hydrogen) atoms. The molecule has 0 aliphatic rings. The van der Waals surface area contributed by atoms with Gasteiger partial charge in [-0.25, -0.2) is 4.39 Å². The van der Waals surface area contributed by atoms with Gasteiger partial charge in [0.25, 0.3) is 0 Å². The van der Waals surface area contributed by atoms with Gasteiger partial charge in [0, 0.05) is 12.6 Å². The molecule has 0 aliphatic heterocycles. The summed E-state index contributed by atoms with van der Waals surface area (Å²) in [4.78, 5) is 0. The van der Waals surface area contributed by atoms with Gasteiger partial charge in [0.2, 0.25) is 0 Å². The van der Waals surface area contributed by atoms with Gasteiger partial charge in [-0.2, -0.15) is 0 Å². The summed E-state index contributed by atoms with van der Waals surface area (Å²) in [6.07, 6.45) is 0. The summed E-state index contributed by atoms with van der Waals surface area (Å²) in [5.74, 6) is -0.193. The third-order valence-corrected chi connectivity index (χ3v) is 2.44. The van der Waals surface area contributed by atoms with Gasteiger partial charge < -0.3 is 10.1 Å². The summed E-state index contributed by atoms with van der Waals surface area (Å²) < 4.78 is 18.6. The number of benzene rings is 1. The zero-order valence-corrected chi connectivity index (χ0v) is 11.1. The van der Waals surface area contributed by atoms with Crippen molar-refractivity contribution in [2.24, 2.45) is 0 Å². The molecular weight excluding hydrogens is 217 g/mol. The van der Waals surface area contributed by atoms with Gasteiger partial charge in [-0.15, -0.1) is 0 Å². The first kappa shape index (κ1) is 14.1. The van der Waals surface area contributed by atoms with Crippen molar-refractivity contribution in [3.63, 3.8) is 0 Å². The predicted octanol–water partition coefficient (Wildman–Crippen LogP) is 3.29. The minimum absolute atomic E-state index is 0.107. The number of hydrogen-bond acceptors (Lipinski definition) is 2. The van der Waals surface area contributed by atoms with Crippen molar-refractivity contribution < 1.29 is 9.13 Å². The topological polar surface area (TPSA) is 21.3 Å². The van der Waals surface area contributed by atoms with Crippen LogP contribution in [0.15, 0.2) is 24.3 Å². The number of nitrogens with one attached hydrogen (secondary N) is 1. The van der Waals surface area contributed by atoms with Gasteiger partial charge in [0.05, 0.1) is 12.2 Å². The minimum atomic E-state index is -0.193. The van der Waals surface area contributed by atoms with Crippen molar-refractivity contribution in [1.82, 2.24) is 5.32 Å². The molecule has 0 aliphatic carbocycles. The molecule has 96 valence electrons. The largest absolute Gasteiger partial charge is 0.375 e. The maximum absolute atomic E-state index is 13.0. The fourth-order valence-corrected chi connectivity index (χ4v) is 1.53. The van der Waals surface area contributed by atoms with Crippen molar-refractivity contribution >= 4 is 0 Å². The standard InChI is InChI=1S/C14H22FNO/c1-11(12-6-5-7-13(15)10-12)16-8-9-17-14(2,3)4/h5-7,10-11,16H,8-9H2,1-4H3. The van der Waals surface area contributed by atoms with Crippen molar-refractivity contribution in [3.05, 3.63) is 35.6 Å². The van der Waals surface area contributed by atoms with Crippen molar-refractivity contribution in [2.45, 2.75) is 39.3 Å². The predicted molar refractivity (Wildman–Crippen MR) is 68.5 cm³/mol. The van der Waals surface area contributed by atoms with Crippen LogP contribution in [-0.2, 0) is 4.74 Å². The average Bonchev–Trinajstić information content (AvgIpc) is 2.23. The fourth-order valence-electron chi connectivity index (χ4n) is 1.53. The molecule has 0 radical (unpaired) electrons. The highest BCUT2D eigenvalue weighted by atomic mass is 19.1. The zero-order chi connectivity index (χ0) is 12.9. The molecule has 1 rings (SSSR count). The Morgan fingerprint density at radius 2 is 2.06 bits per heavy atom. The van der Waals surface area contributed by atoms with E-state index in [2.05, 4.69) is 5.32 Å². The molecule has 0 aromatic heterocycles. The van der Waals surface area contributed by atoms with Gasteiger partial charge in [0.1, 0.15) is 5.82 Å². The Hall–Kier alpha value is -0.930. The second-order valence-electron chi connectivity index (χ2n) is 5.19. The lowest BCUT2D eigenvalue weighted by molar-refractivity contribution is -0.00149. The molecular formula is C14H22FNO. The van der Waals surface area contributed by atoms with Gasteiger partial charge in [-0.1, -0.05) is 12.1 Å². The first-order valence-corrected chi connectivity index (χ1v) is 6.01.